The van der Waals surface area contributed by atoms with Gasteiger partial charge in [0, 0.05) is 12.1 Å². The molecule has 1 unspecified atom stereocenters. The van der Waals surface area contributed by atoms with Crippen molar-refractivity contribution in [1.29, 1.82) is 0 Å². The Morgan fingerprint density at radius 2 is 2.14 bits per heavy atom. The molecule has 1 aromatic rings. The van der Waals surface area contributed by atoms with E-state index in [1.165, 1.54) is 12.1 Å². The van der Waals surface area contributed by atoms with Crippen molar-refractivity contribution in [2.75, 3.05) is 0 Å². The van der Waals surface area contributed by atoms with Crippen LogP contribution in [0, 0.1) is 5.82 Å². The van der Waals surface area contributed by atoms with Crippen LogP contribution < -0.4 is 4.72 Å². The lowest BCUT2D eigenvalue weighted by Crippen LogP contribution is -2.33. The lowest BCUT2D eigenvalue weighted by molar-refractivity contribution is -0.131. The van der Waals surface area contributed by atoms with Crippen molar-refractivity contribution in [2.24, 2.45) is 0 Å². The first-order chi connectivity index (χ1) is 9.76. The topological polar surface area (TPSA) is 83.5 Å². The zero-order valence-electron chi connectivity index (χ0n) is 11.8. The molecular formula is C14H18FNO4S. The number of carbonyl (C=O) groups is 1. The molecule has 0 radical (unpaired) electrons. The molecule has 5 nitrogen and oxygen atoms in total. The van der Waals surface area contributed by atoms with Gasteiger partial charge < -0.3 is 5.11 Å². The van der Waals surface area contributed by atoms with E-state index in [2.05, 4.69) is 4.72 Å². The monoisotopic (exact) mass is 315 g/mol. The summed E-state index contributed by atoms with van der Waals surface area (Å²) < 4.78 is 40.4. The largest absolute Gasteiger partial charge is 0.478 e. The minimum absolute atomic E-state index is 0.274. The first-order valence-corrected chi connectivity index (χ1v) is 7.97. The molecule has 0 fully saturated rings. The van der Waals surface area contributed by atoms with Crippen molar-refractivity contribution in [3.05, 3.63) is 35.7 Å². The SMILES string of the molecule is CCCC(C)NS(=O)(=O)c1ccc(/C=C/C(=O)O)cc1F. The molecule has 2 N–H and O–H groups in total. The van der Waals surface area contributed by atoms with Gasteiger partial charge in [0.25, 0.3) is 0 Å². The average molecular weight is 315 g/mol. The van der Waals surface area contributed by atoms with E-state index in [0.29, 0.717) is 6.42 Å². The number of sulfonamides is 1. The van der Waals surface area contributed by atoms with Crippen LogP contribution in [0.25, 0.3) is 6.08 Å². The molecule has 0 aromatic heterocycles. The van der Waals surface area contributed by atoms with Gasteiger partial charge in [-0.25, -0.2) is 22.3 Å². The third kappa shape index (κ3) is 5.28. The van der Waals surface area contributed by atoms with Crippen LogP contribution in [0.15, 0.2) is 29.2 Å². The van der Waals surface area contributed by atoms with Gasteiger partial charge in [0.2, 0.25) is 10.0 Å². The molecule has 0 spiro atoms. The molecule has 0 bridgehead atoms. The Morgan fingerprint density at radius 1 is 1.48 bits per heavy atom. The maximum atomic E-state index is 13.9. The van der Waals surface area contributed by atoms with E-state index in [0.717, 1.165) is 24.6 Å². The molecule has 116 valence electrons. The number of benzene rings is 1. The molecule has 21 heavy (non-hydrogen) atoms. The summed E-state index contributed by atoms with van der Waals surface area (Å²) in [5.41, 5.74) is 0.274. The Balaban J connectivity index is 3.01. The van der Waals surface area contributed by atoms with E-state index in [9.17, 15) is 17.6 Å². The van der Waals surface area contributed by atoms with Crippen LogP contribution in [0.4, 0.5) is 4.39 Å². The van der Waals surface area contributed by atoms with Gasteiger partial charge in [-0.2, -0.15) is 0 Å². The van der Waals surface area contributed by atoms with E-state index >= 15 is 0 Å². The zero-order chi connectivity index (χ0) is 16.0. The second-order valence-electron chi connectivity index (χ2n) is 4.67. The molecule has 1 atom stereocenters. The van der Waals surface area contributed by atoms with Crippen molar-refractivity contribution in [3.8, 4) is 0 Å². The normalized spacial score (nSPS) is 13.5. The highest BCUT2D eigenvalue weighted by atomic mass is 32.2. The Hall–Kier alpha value is -1.73. The number of carboxylic acids is 1. The number of aliphatic carboxylic acids is 1. The second kappa shape index (κ2) is 7.33. The van der Waals surface area contributed by atoms with Gasteiger partial charge in [0.1, 0.15) is 10.7 Å². The van der Waals surface area contributed by atoms with Crippen LogP contribution in [0.5, 0.6) is 0 Å². The Bertz CT molecular complexity index is 640. The number of carboxylic acid groups (broad SMARTS) is 1. The number of rotatable bonds is 7. The van der Waals surface area contributed by atoms with Gasteiger partial charge in [-0.1, -0.05) is 19.4 Å². The van der Waals surface area contributed by atoms with Gasteiger partial charge in [-0.3, -0.25) is 0 Å². The van der Waals surface area contributed by atoms with Crippen molar-refractivity contribution in [2.45, 2.75) is 37.6 Å². The van der Waals surface area contributed by atoms with E-state index in [-0.39, 0.29) is 11.6 Å². The van der Waals surface area contributed by atoms with E-state index in [1.54, 1.807) is 6.92 Å². The Morgan fingerprint density at radius 3 is 2.67 bits per heavy atom. The van der Waals surface area contributed by atoms with E-state index in [1.807, 2.05) is 6.92 Å². The van der Waals surface area contributed by atoms with Gasteiger partial charge in [0.05, 0.1) is 0 Å². The number of halogens is 1. The molecule has 0 aliphatic heterocycles. The maximum absolute atomic E-state index is 13.9. The highest BCUT2D eigenvalue weighted by Crippen LogP contribution is 2.17. The smallest absolute Gasteiger partial charge is 0.328 e. The fourth-order valence-corrected chi connectivity index (χ4v) is 3.16. The summed E-state index contributed by atoms with van der Waals surface area (Å²) in [4.78, 5) is 9.93. The third-order valence-electron chi connectivity index (χ3n) is 2.74. The van der Waals surface area contributed by atoms with Crippen LogP contribution in [0.1, 0.15) is 32.3 Å². The molecule has 1 aromatic carbocycles. The number of hydrogen-bond donors (Lipinski definition) is 2. The van der Waals surface area contributed by atoms with Crippen molar-refractivity contribution >= 4 is 22.1 Å². The van der Waals surface area contributed by atoms with Crippen LogP contribution >= 0.6 is 0 Å². The number of hydrogen-bond acceptors (Lipinski definition) is 3. The first-order valence-electron chi connectivity index (χ1n) is 6.49. The summed E-state index contributed by atoms with van der Waals surface area (Å²) in [5, 5.41) is 8.49. The number of nitrogens with one attached hydrogen (secondary N) is 1. The van der Waals surface area contributed by atoms with E-state index in [4.69, 9.17) is 5.11 Å². The average Bonchev–Trinajstić information content (AvgIpc) is 2.35. The molecule has 0 amide bonds. The zero-order valence-corrected chi connectivity index (χ0v) is 12.7. The predicted molar refractivity (Wildman–Crippen MR) is 77.8 cm³/mol. The first kappa shape index (κ1) is 17.3. The van der Waals surface area contributed by atoms with Gasteiger partial charge >= 0.3 is 5.97 Å². The molecular weight excluding hydrogens is 297 g/mol. The fraction of sp³-hybridized carbons (Fsp3) is 0.357. The standard InChI is InChI=1S/C14H18FNO4S/c1-3-4-10(2)16-21(19,20)13-7-5-11(9-12(13)15)6-8-14(17)18/h5-10,16H,3-4H2,1-2H3,(H,17,18)/b8-6+. The Labute approximate surface area is 123 Å². The molecule has 0 saturated carbocycles. The van der Waals surface area contributed by atoms with Crippen LogP contribution in [-0.2, 0) is 14.8 Å². The summed E-state index contributed by atoms with van der Waals surface area (Å²) in [6.45, 7) is 3.64. The van der Waals surface area contributed by atoms with Gasteiger partial charge in [-0.15, -0.1) is 0 Å². The molecule has 0 saturated heterocycles. The van der Waals surface area contributed by atoms with Crippen molar-refractivity contribution in [3.63, 3.8) is 0 Å². The molecule has 7 heteroatoms. The highest BCUT2D eigenvalue weighted by Gasteiger charge is 2.21. The molecule has 0 aliphatic carbocycles. The summed E-state index contributed by atoms with van der Waals surface area (Å²) in [6.07, 6.45) is 3.50. The van der Waals surface area contributed by atoms with Crippen molar-refractivity contribution < 1.29 is 22.7 Å². The Kier molecular flexibility index (Phi) is 6.04. The third-order valence-corrected chi connectivity index (χ3v) is 4.36. The van der Waals surface area contributed by atoms with Crippen molar-refractivity contribution in [1.82, 2.24) is 4.72 Å². The van der Waals surface area contributed by atoms with Gasteiger partial charge in [-0.05, 0) is 37.1 Å². The second-order valence-corrected chi connectivity index (χ2v) is 6.35. The van der Waals surface area contributed by atoms with E-state index < -0.39 is 26.7 Å². The minimum atomic E-state index is -3.93. The van der Waals surface area contributed by atoms with Crippen LogP contribution in [0.2, 0.25) is 0 Å². The quantitative estimate of drug-likeness (QED) is 0.757. The summed E-state index contributed by atoms with van der Waals surface area (Å²) in [5.74, 6) is -2.08. The van der Waals surface area contributed by atoms with Crippen LogP contribution in [0.3, 0.4) is 0 Å². The maximum Gasteiger partial charge on any atom is 0.328 e. The summed E-state index contributed by atoms with van der Waals surface area (Å²) in [6, 6.07) is 3.17. The highest BCUT2D eigenvalue weighted by molar-refractivity contribution is 7.89. The molecule has 0 aliphatic rings. The van der Waals surface area contributed by atoms with Gasteiger partial charge in [0.15, 0.2) is 0 Å². The fourth-order valence-electron chi connectivity index (χ4n) is 1.83. The van der Waals surface area contributed by atoms with Crippen LogP contribution in [-0.4, -0.2) is 25.5 Å². The molecule has 0 heterocycles. The minimum Gasteiger partial charge on any atom is -0.478 e. The summed E-state index contributed by atoms with van der Waals surface area (Å²) >= 11 is 0. The lowest BCUT2D eigenvalue weighted by atomic mass is 10.2. The summed E-state index contributed by atoms with van der Waals surface area (Å²) in [7, 11) is -3.93. The molecule has 1 rings (SSSR count). The lowest BCUT2D eigenvalue weighted by Gasteiger charge is -2.13. The predicted octanol–water partition coefficient (Wildman–Crippen LogP) is 2.39.